The van der Waals surface area contributed by atoms with Crippen LogP contribution in [0.3, 0.4) is 0 Å². The van der Waals surface area contributed by atoms with Crippen LogP contribution in [0.4, 0.5) is 0 Å². The van der Waals surface area contributed by atoms with Crippen LogP contribution in [-0.4, -0.2) is 39.6 Å². The lowest BCUT2D eigenvalue weighted by atomic mass is 9.99. The standard InChI is InChI=1S/C23H21ClN4O2/c1-13-20-21(27-26-13)23(29)28(22(20)16-5-3-4-6-18(16)24)10-9-14-12-25-19-8-7-15(30-2)11-17(14)19/h3-8,11-12,22,25H,9-10H2,1-2H3,(H,26,27). The van der Waals surface area contributed by atoms with Gasteiger partial charge in [-0.1, -0.05) is 29.8 Å². The maximum absolute atomic E-state index is 13.2. The summed E-state index contributed by atoms with van der Waals surface area (Å²) in [5.41, 5.74) is 5.38. The van der Waals surface area contributed by atoms with Crippen molar-refractivity contribution in [1.29, 1.82) is 0 Å². The number of aromatic amines is 2. The minimum absolute atomic E-state index is 0.0725. The molecule has 2 aromatic heterocycles. The number of nitrogens with one attached hydrogen (secondary N) is 2. The third-order valence-corrected chi connectivity index (χ3v) is 6.18. The summed E-state index contributed by atoms with van der Waals surface area (Å²) in [5, 5.41) is 8.97. The van der Waals surface area contributed by atoms with E-state index in [9.17, 15) is 4.79 Å². The van der Waals surface area contributed by atoms with Crippen LogP contribution in [0.1, 0.15) is 38.9 Å². The van der Waals surface area contributed by atoms with E-state index in [1.54, 1.807) is 7.11 Å². The zero-order valence-electron chi connectivity index (χ0n) is 16.7. The SMILES string of the molecule is COc1ccc2[nH]cc(CCN3C(=O)c4n[nH]c(C)c4C3c3ccccc3Cl)c2c1. The Hall–Kier alpha value is -3.25. The molecule has 5 rings (SSSR count). The number of rotatable bonds is 5. The van der Waals surface area contributed by atoms with Gasteiger partial charge >= 0.3 is 0 Å². The molecule has 1 unspecified atom stereocenters. The molecule has 0 fully saturated rings. The largest absolute Gasteiger partial charge is 0.497 e. The van der Waals surface area contributed by atoms with Gasteiger partial charge in [0.2, 0.25) is 0 Å². The van der Waals surface area contributed by atoms with Crippen LogP contribution in [0.25, 0.3) is 10.9 Å². The van der Waals surface area contributed by atoms with Crippen LogP contribution >= 0.6 is 11.6 Å². The molecule has 30 heavy (non-hydrogen) atoms. The van der Waals surface area contributed by atoms with E-state index in [1.807, 2.05) is 60.5 Å². The van der Waals surface area contributed by atoms with Crippen molar-refractivity contribution in [1.82, 2.24) is 20.1 Å². The summed E-state index contributed by atoms with van der Waals surface area (Å²) >= 11 is 6.53. The molecule has 6 nitrogen and oxygen atoms in total. The Kier molecular flexibility index (Phi) is 4.51. The highest BCUT2D eigenvalue weighted by molar-refractivity contribution is 6.31. The number of benzene rings is 2. The molecule has 1 aliphatic heterocycles. The summed E-state index contributed by atoms with van der Waals surface area (Å²) < 4.78 is 5.37. The monoisotopic (exact) mass is 420 g/mol. The van der Waals surface area contributed by atoms with Gasteiger partial charge in [0.15, 0.2) is 5.69 Å². The van der Waals surface area contributed by atoms with E-state index in [0.717, 1.165) is 39.0 Å². The number of carbonyl (C=O) groups is 1. The van der Waals surface area contributed by atoms with Gasteiger partial charge in [0.25, 0.3) is 5.91 Å². The topological polar surface area (TPSA) is 74.0 Å². The number of carbonyl (C=O) groups excluding carboxylic acids is 1. The smallest absolute Gasteiger partial charge is 0.275 e. The number of halogens is 1. The molecule has 2 N–H and O–H groups in total. The summed E-state index contributed by atoms with van der Waals surface area (Å²) in [6, 6.07) is 13.4. The molecule has 0 saturated carbocycles. The maximum Gasteiger partial charge on any atom is 0.275 e. The lowest BCUT2D eigenvalue weighted by Gasteiger charge is -2.27. The number of ether oxygens (including phenoxy) is 1. The lowest BCUT2D eigenvalue weighted by Crippen LogP contribution is -2.31. The second kappa shape index (κ2) is 7.22. The average Bonchev–Trinajstić information content (AvgIpc) is 3.41. The molecule has 0 radical (unpaired) electrons. The first-order chi connectivity index (χ1) is 14.6. The highest BCUT2D eigenvalue weighted by Crippen LogP contribution is 2.41. The van der Waals surface area contributed by atoms with Crippen molar-refractivity contribution in [2.75, 3.05) is 13.7 Å². The zero-order valence-corrected chi connectivity index (χ0v) is 17.5. The third-order valence-electron chi connectivity index (χ3n) is 5.84. The van der Waals surface area contributed by atoms with E-state index in [4.69, 9.17) is 16.3 Å². The quantitative estimate of drug-likeness (QED) is 0.493. The Bertz CT molecular complexity index is 1260. The number of H-pyrrole nitrogens is 2. The van der Waals surface area contributed by atoms with Gasteiger partial charge in [-0.2, -0.15) is 5.10 Å². The van der Waals surface area contributed by atoms with E-state index in [1.165, 1.54) is 0 Å². The van der Waals surface area contributed by atoms with Crippen molar-refractivity contribution < 1.29 is 9.53 Å². The number of hydrogen-bond donors (Lipinski definition) is 2. The Morgan fingerprint density at radius 3 is 2.87 bits per heavy atom. The highest BCUT2D eigenvalue weighted by atomic mass is 35.5. The van der Waals surface area contributed by atoms with Crippen LogP contribution in [0.5, 0.6) is 5.75 Å². The van der Waals surface area contributed by atoms with E-state index in [-0.39, 0.29) is 11.9 Å². The third kappa shape index (κ3) is 2.87. The molecule has 2 aromatic carbocycles. The Morgan fingerprint density at radius 1 is 1.23 bits per heavy atom. The Balaban J connectivity index is 1.50. The second-order valence-corrected chi connectivity index (χ2v) is 7.92. The molecule has 1 aliphatic rings. The number of amides is 1. The van der Waals surface area contributed by atoms with Gasteiger partial charge in [-0.25, -0.2) is 0 Å². The predicted octanol–water partition coefficient (Wildman–Crippen LogP) is 4.65. The van der Waals surface area contributed by atoms with Crippen LogP contribution in [-0.2, 0) is 6.42 Å². The normalized spacial score (nSPS) is 15.8. The fraction of sp³-hybridized carbons (Fsp3) is 0.217. The van der Waals surface area contributed by atoms with Gasteiger partial charge in [-0.05, 0) is 48.7 Å². The van der Waals surface area contributed by atoms with Gasteiger partial charge in [-0.15, -0.1) is 0 Å². The number of fused-ring (bicyclic) bond motifs is 2. The number of nitrogens with zero attached hydrogens (tertiary/aromatic N) is 2. The summed E-state index contributed by atoms with van der Waals surface area (Å²) in [6.45, 7) is 2.49. The first-order valence-electron chi connectivity index (χ1n) is 9.82. The van der Waals surface area contributed by atoms with E-state index in [0.29, 0.717) is 23.7 Å². The summed E-state index contributed by atoms with van der Waals surface area (Å²) in [7, 11) is 1.66. The molecule has 7 heteroatoms. The first-order valence-corrected chi connectivity index (χ1v) is 10.2. The second-order valence-electron chi connectivity index (χ2n) is 7.51. The van der Waals surface area contributed by atoms with Gasteiger partial charge in [0.1, 0.15) is 5.75 Å². The zero-order chi connectivity index (χ0) is 20.8. The summed E-state index contributed by atoms with van der Waals surface area (Å²) in [6.07, 6.45) is 2.70. The summed E-state index contributed by atoms with van der Waals surface area (Å²) in [4.78, 5) is 18.4. The average molecular weight is 421 g/mol. The van der Waals surface area contributed by atoms with Gasteiger partial charge in [-0.3, -0.25) is 9.89 Å². The minimum Gasteiger partial charge on any atom is -0.497 e. The number of methoxy groups -OCH3 is 1. The van der Waals surface area contributed by atoms with Gasteiger partial charge in [0.05, 0.1) is 13.2 Å². The van der Waals surface area contributed by atoms with Crippen molar-refractivity contribution in [3.05, 3.63) is 81.8 Å². The van der Waals surface area contributed by atoms with Gasteiger partial charge in [0, 0.05) is 39.9 Å². The van der Waals surface area contributed by atoms with Crippen molar-refractivity contribution in [2.24, 2.45) is 0 Å². The Labute approximate surface area is 178 Å². The molecule has 1 amide bonds. The first kappa shape index (κ1) is 18.8. The molecule has 0 bridgehead atoms. The highest BCUT2D eigenvalue weighted by Gasteiger charge is 2.41. The fourth-order valence-electron chi connectivity index (χ4n) is 4.33. The molecule has 0 spiro atoms. The molecule has 1 atom stereocenters. The molecule has 0 aliphatic carbocycles. The maximum atomic E-state index is 13.2. The van der Waals surface area contributed by atoms with E-state index in [2.05, 4.69) is 15.2 Å². The molecule has 4 aromatic rings. The van der Waals surface area contributed by atoms with Crippen LogP contribution in [0.15, 0.2) is 48.7 Å². The molecular formula is C23H21ClN4O2. The predicted molar refractivity (Wildman–Crippen MR) is 116 cm³/mol. The van der Waals surface area contributed by atoms with Gasteiger partial charge < -0.3 is 14.6 Å². The van der Waals surface area contributed by atoms with Crippen molar-refractivity contribution in [3.8, 4) is 5.75 Å². The Morgan fingerprint density at radius 2 is 2.07 bits per heavy atom. The molecule has 0 saturated heterocycles. The summed E-state index contributed by atoms with van der Waals surface area (Å²) in [5.74, 6) is 0.738. The van der Waals surface area contributed by atoms with Crippen LogP contribution in [0.2, 0.25) is 5.02 Å². The fourth-order valence-corrected chi connectivity index (χ4v) is 4.57. The number of aryl methyl sites for hydroxylation is 1. The molecular weight excluding hydrogens is 400 g/mol. The van der Waals surface area contributed by atoms with Crippen molar-refractivity contribution in [3.63, 3.8) is 0 Å². The van der Waals surface area contributed by atoms with Crippen molar-refractivity contribution in [2.45, 2.75) is 19.4 Å². The molecule has 3 heterocycles. The minimum atomic E-state index is -0.250. The number of aromatic nitrogens is 3. The molecule has 152 valence electrons. The van der Waals surface area contributed by atoms with E-state index < -0.39 is 0 Å². The van der Waals surface area contributed by atoms with Crippen LogP contribution < -0.4 is 4.74 Å². The van der Waals surface area contributed by atoms with Crippen LogP contribution in [0, 0.1) is 6.92 Å². The number of hydrogen-bond acceptors (Lipinski definition) is 3. The lowest BCUT2D eigenvalue weighted by molar-refractivity contribution is 0.0745. The van der Waals surface area contributed by atoms with Crippen molar-refractivity contribution >= 4 is 28.4 Å². The van der Waals surface area contributed by atoms with E-state index >= 15 is 0 Å².